The van der Waals surface area contributed by atoms with Gasteiger partial charge in [0.25, 0.3) is 5.91 Å². The molecule has 37 heavy (non-hydrogen) atoms. The first-order valence-corrected chi connectivity index (χ1v) is 11.8. The van der Waals surface area contributed by atoms with E-state index in [0.29, 0.717) is 12.4 Å². The molecule has 1 aromatic heterocycles. The molecule has 3 atom stereocenters. The van der Waals surface area contributed by atoms with Crippen molar-refractivity contribution >= 4 is 23.4 Å². The van der Waals surface area contributed by atoms with E-state index in [-0.39, 0.29) is 30.0 Å². The molecular weight excluding hydrogens is 474 g/mol. The number of anilines is 1. The maximum absolute atomic E-state index is 13.6. The fourth-order valence-corrected chi connectivity index (χ4v) is 3.91. The molecular formula is C27H29N5O5. The van der Waals surface area contributed by atoms with Gasteiger partial charge in [0.2, 0.25) is 5.91 Å². The summed E-state index contributed by atoms with van der Waals surface area (Å²) in [6.45, 7) is 2.00. The highest BCUT2D eigenvalue weighted by Crippen LogP contribution is 2.29. The largest absolute Gasteiger partial charge is 0.497 e. The predicted molar refractivity (Wildman–Crippen MR) is 136 cm³/mol. The van der Waals surface area contributed by atoms with E-state index in [2.05, 4.69) is 20.6 Å². The van der Waals surface area contributed by atoms with Gasteiger partial charge in [-0.3, -0.25) is 14.4 Å². The van der Waals surface area contributed by atoms with E-state index in [4.69, 9.17) is 15.2 Å². The van der Waals surface area contributed by atoms with Crippen LogP contribution in [-0.2, 0) is 27.2 Å². The highest BCUT2D eigenvalue weighted by atomic mass is 16.6. The molecule has 10 nitrogen and oxygen atoms in total. The molecule has 1 fully saturated rings. The molecule has 0 aliphatic carbocycles. The molecule has 0 spiro atoms. The highest BCUT2D eigenvalue weighted by Gasteiger charge is 2.50. The summed E-state index contributed by atoms with van der Waals surface area (Å²) >= 11 is 0. The second-order valence-electron chi connectivity index (χ2n) is 9.03. The zero-order valence-electron chi connectivity index (χ0n) is 20.6. The lowest BCUT2D eigenvalue weighted by atomic mass is 9.94. The van der Waals surface area contributed by atoms with Crippen LogP contribution in [0.15, 0.2) is 67.1 Å². The second-order valence-corrected chi connectivity index (χ2v) is 9.03. The standard InChI is InChI=1S/C27H29N5O5/c1-27(15-37-27)23(33)21(12-17-6-4-3-5-7-17)31-26(35)22(13-18-8-10-19(36-2)11-9-18)32-25(34)20-14-29-16-30-24(20)28/h3-11,14,16,21-22H,12-13,15H2,1-2H3,(H,31,35)(H,32,34)(H2,28,29,30). The fourth-order valence-electron chi connectivity index (χ4n) is 3.91. The Hall–Kier alpha value is -4.31. The molecule has 1 aliphatic heterocycles. The van der Waals surface area contributed by atoms with Crippen molar-refractivity contribution in [1.29, 1.82) is 0 Å². The van der Waals surface area contributed by atoms with Gasteiger partial charge in [0, 0.05) is 12.6 Å². The average molecular weight is 504 g/mol. The number of ketones is 1. The minimum Gasteiger partial charge on any atom is -0.497 e. The number of hydrogen-bond acceptors (Lipinski definition) is 8. The van der Waals surface area contributed by atoms with Crippen molar-refractivity contribution in [2.75, 3.05) is 19.5 Å². The van der Waals surface area contributed by atoms with Gasteiger partial charge in [-0.15, -0.1) is 0 Å². The number of hydrogen-bond donors (Lipinski definition) is 3. The number of nitrogens with one attached hydrogen (secondary N) is 2. The molecule has 2 aromatic carbocycles. The van der Waals surface area contributed by atoms with Crippen molar-refractivity contribution in [2.24, 2.45) is 0 Å². The third-order valence-corrected chi connectivity index (χ3v) is 6.22. The molecule has 0 saturated carbocycles. The van der Waals surface area contributed by atoms with Gasteiger partial charge in [0.15, 0.2) is 5.78 Å². The molecule has 10 heteroatoms. The number of aromatic nitrogens is 2. The van der Waals surface area contributed by atoms with E-state index in [0.717, 1.165) is 11.1 Å². The van der Waals surface area contributed by atoms with E-state index >= 15 is 0 Å². The first-order chi connectivity index (χ1) is 17.8. The molecule has 2 amide bonds. The van der Waals surface area contributed by atoms with Gasteiger partial charge in [-0.25, -0.2) is 9.97 Å². The molecule has 2 heterocycles. The Labute approximate surface area is 214 Å². The molecule has 1 aliphatic rings. The highest BCUT2D eigenvalue weighted by molar-refractivity contribution is 6.02. The number of rotatable bonds is 11. The Bertz CT molecular complexity index is 1260. The predicted octanol–water partition coefficient (Wildman–Crippen LogP) is 1.49. The molecule has 4 N–H and O–H groups in total. The molecule has 192 valence electrons. The summed E-state index contributed by atoms with van der Waals surface area (Å²) in [5.74, 6) is -0.686. The minimum absolute atomic E-state index is 0.00737. The Kier molecular flexibility index (Phi) is 7.78. The quantitative estimate of drug-likeness (QED) is 0.333. The van der Waals surface area contributed by atoms with Crippen LogP contribution in [0.1, 0.15) is 28.4 Å². The summed E-state index contributed by atoms with van der Waals surface area (Å²) < 4.78 is 10.6. The third kappa shape index (κ3) is 6.47. The van der Waals surface area contributed by atoms with Crippen LogP contribution in [-0.4, -0.2) is 59.0 Å². The first kappa shape index (κ1) is 25.8. The summed E-state index contributed by atoms with van der Waals surface area (Å²) in [6, 6.07) is 14.7. The Morgan fingerprint density at radius 2 is 1.68 bits per heavy atom. The molecule has 1 saturated heterocycles. The van der Waals surface area contributed by atoms with E-state index in [1.807, 2.05) is 30.3 Å². The Balaban J connectivity index is 1.57. The number of methoxy groups -OCH3 is 1. The fraction of sp³-hybridized carbons (Fsp3) is 0.296. The van der Waals surface area contributed by atoms with Crippen molar-refractivity contribution in [2.45, 2.75) is 37.5 Å². The maximum Gasteiger partial charge on any atom is 0.257 e. The summed E-state index contributed by atoms with van der Waals surface area (Å²) in [4.78, 5) is 47.5. The van der Waals surface area contributed by atoms with Crippen LogP contribution < -0.4 is 21.1 Å². The number of Topliss-reactive ketones (excluding diaryl/α,β-unsaturated/α-hetero) is 1. The lowest BCUT2D eigenvalue weighted by Crippen LogP contribution is -2.55. The third-order valence-electron chi connectivity index (χ3n) is 6.22. The van der Waals surface area contributed by atoms with Gasteiger partial charge in [-0.1, -0.05) is 42.5 Å². The maximum atomic E-state index is 13.6. The van der Waals surface area contributed by atoms with Crippen LogP contribution in [0.5, 0.6) is 5.75 Å². The number of ether oxygens (including phenoxy) is 2. The molecule has 0 radical (unpaired) electrons. The van der Waals surface area contributed by atoms with Crippen molar-refractivity contribution in [3.8, 4) is 5.75 Å². The molecule has 4 rings (SSSR count). The number of benzene rings is 2. The van der Waals surface area contributed by atoms with Crippen molar-refractivity contribution in [3.05, 3.63) is 83.8 Å². The van der Waals surface area contributed by atoms with Crippen LogP contribution >= 0.6 is 0 Å². The summed E-state index contributed by atoms with van der Waals surface area (Å²) in [7, 11) is 1.56. The van der Waals surface area contributed by atoms with Crippen LogP contribution in [0, 0.1) is 0 Å². The number of carbonyl (C=O) groups excluding carboxylic acids is 3. The SMILES string of the molecule is COc1ccc(CC(NC(=O)c2cncnc2N)C(=O)NC(Cc2ccccc2)C(=O)C2(C)CO2)cc1. The van der Waals surface area contributed by atoms with Gasteiger partial charge in [0.05, 0.1) is 25.3 Å². The zero-order valence-corrected chi connectivity index (χ0v) is 20.6. The number of amides is 2. The van der Waals surface area contributed by atoms with E-state index in [1.54, 1.807) is 38.3 Å². The van der Waals surface area contributed by atoms with E-state index in [1.165, 1.54) is 12.5 Å². The van der Waals surface area contributed by atoms with Crippen LogP contribution in [0.3, 0.4) is 0 Å². The number of epoxide rings is 1. The topological polar surface area (TPSA) is 149 Å². The average Bonchev–Trinajstić information content (AvgIpc) is 3.67. The van der Waals surface area contributed by atoms with Gasteiger partial charge in [0.1, 0.15) is 29.5 Å². The number of nitrogen functional groups attached to an aromatic ring is 1. The Morgan fingerprint density at radius 3 is 2.30 bits per heavy atom. The van der Waals surface area contributed by atoms with Crippen LogP contribution in [0.2, 0.25) is 0 Å². The molecule has 3 unspecified atom stereocenters. The smallest absolute Gasteiger partial charge is 0.257 e. The van der Waals surface area contributed by atoms with Crippen LogP contribution in [0.25, 0.3) is 0 Å². The lowest BCUT2D eigenvalue weighted by molar-refractivity contribution is -0.131. The number of carbonyl (C=O) groups is 3. The summed E-state index contributed by atoms with van der Waals surface area (Å²) in [6.07, 6.45) is 2.96. The van der Waals surface area contributed by atoms with Crippen molar-refractivity contribution < 1.29 is 23.9 Å². The normalized spacial score (nSPS) is 17.8. The second kappa shape index (κ2) is 11.2. The van der Waals surface area contributed by atoms with Gasteiger partial charge >= 0.3 is 0 Å². The van der Waals surface area contributed by atoms with Gasteiger partial charge in [-0.05, 0) is 36.6 Å². The van der Waals surface area contributed by atoms with E-state index < -0.39 is 29.5 Å². The van der Waals surface area contributed by atoms with Gasteiger partial charge < -0.3 is 25.8 Å². The summed E-state index contributed by atoms with van der Waals surface area (Å²) in [5, 5.41) is 5.58. The van der Waals surface area contributed by atoms with Crippen molar-refractivity contribution in [1.82, 2.24) is 20.6 Å². The first-order valence-electron chi connectivity index (χ1n) is 11.8. The number of nitrogens with two attached hydrogens (primary N) is 1. The molecule has 3 aromatic rings. The monoisotopic (exact) mass is 503 g/mol. The minimum atomic E-state index is -1.01. The van der Waals surface area contributed by atoms with E-state index in [9.17, 15) is 14.4 Å². The van der Waals surface area contributed by atoms with Crippen LogP contribution in [0.4, 0.5) is 5.82 Å². The zero-order chi connectivity index (χ0) is 26.4. The van der Waals surface area contributed by atoms with Crippen molar-refractivity contribution in [3.63, 3.8) is 0 Å². The molecule has 0 bridgehead atoms. The number of nitrogens with zero attached hydrogens (tertiary/aromatic N) is 2. The Morgan fingerprint density at radius 1 is 1.03 bits per heavy atom. The lowest BCUT2D eigenvalue weighted by Gasteiger charge is -2.24. The summed E-state index contributed by atoms with van der Waals surface area (Å²) in [5.41, 5.74) is 6.61. The van der Waals surface area contributed by atoms with Gasteiger partial charge in [-0.2, -0.15) is 0 Å².